The summed E-state index contributed by atoms with van der Waals surface area (Å²) in [6.45, 7) is -0.662. The first-order valence-electron chi connectivity index (χ1n) is 6.80. The topological polar surface area (TPSA) is 206 Å². The van der Waals surface area contributed by atoms with E-state index in [4.69, 9.17) is 14.5 Å². The molecule has 25 heavy (non-hydrogen) atoms. The summed E-state index contributed by atoms with van der Waals surface area (Å²) in [5.41, 5.74) is 0.615. The van der Waals surface area contributed by atoms with Crippen LogP contribution >= 0.6 is 7.82 Å². The van der Waals surface area contributed by atoms with Crippen molar-refractivity contribution < 1.29 is 38.4 Å². The number of aromatic amines is 1. The molecule has 13 nitrogen and oxygen atoms in total. The van der Waals surface area contributed by atoms with Gasteiger partial charge in [-0.15, -0.1) is 4.72 Å². The van der Waals surface area contributed by atoms with Gasteiger partial charge in [-0.3, -0.25) is 4.52 Å². The molecule has 1 aliphatic heterocycles. The maximum atomic E-state index is 12.4. The summed E-state index contributed by atoms with van der Waals surface area (Å²) in [6, 6.07) is 0. The van der Waals surface area contributed by atoms with Crippen LogP contribution in [0.5, 0.6) is 0 Å². The number of phosphoric ester groups is 1. The SMILES string of the molecule is O=P(O)(O)OC[C@H]1OC(N[S+]([O-])c2ncnc3[nH]cnc23)[C@H](O)[C@@H]1O. The van der Waals surface area contributed by atoms with Crippen LogP contribution in [0, 0.1) is 0 Å². The monoisotopic (exact) mass is 395 g/mol. The van der Waals surface area contributed by atoms with Gasteiger partial charge in [-0.25, -0.2) is 14.5 Å². The summed E-state index contributed by atoms with van der Waals surface area (Å²) >= 11 is -1.97. The molecular weight excluding hydrogens is 381 g/mol. The Kier molecular flexibility index (Phi) is 5.36. The van der Waals surface area contributed by atoms with Crippen LogP contribution in [0.4, 0.5) is 0 Å². The Morgan fingerprint density at radius 3 is 2.84 bits per heavy atom. The van der Waals surface area contributed by atoms with E-state index >= 15 is 0 Å². The van der Waals surface area contributed by atoms with Crippen molar-refractivity contribution in [1.82, 2.24) is 24.7 Å². The van der Waals surface area contributed by atoms with E-state index in [0.717, 1.165) is 0 Å². The number of fused-ring (bicyclic) bond motifs is 1. The molecule has 3 heterocycles. The van der Waals surface area contributed by atoms with Gasteiger partial charge in [0, 0.05) is 0 Å². The van der Waals surface area contributed by atoms with E-state index < -0.39 is 50.3 Å². The number of nitrogens with one attached hydrogen (secondary N) is 2. The lowest BCUT2D eigenvalue weighted by atomic mass is 10.1. The summed E-state index contributed by atoms with van der Waals surface area (Å²) < 4.78 is 35.0. The largest absolute Gasteiger partial charge is 0.592 e. The molecule has 0 saturated carbocycles. The Hall–Kier alpha value is -1.19. The molecule has 2 aromatic heterocycles. The number of H-pyrrole nitrogens is 1. The highest BCUT2D eigenvalue weighted by atomic mass is 32.2. The first kappa shape index (κ1) is 18.6. The average molecular weight is 395 g/mol. The standard InChI is InChI=1S/C10H14N5O8PS/c16-6-4(1-22-24(18,19)20)23-9(7(6)17)15-25(21)10-5-8(12-2-11-5)13-3-14-10/h2-4,6-7,9,15-17H,1H2,(H2,18,19,20)(H,11,12,13,14)/t4-,6-,7-,9?,25?/m1/s1. The fourth-order valence-corrected chi connectivity index (χ4v) is 3.52. The molecule has 0 radical (unpaired) electrons. The number of aliphatic hydroxyl groups excluding tert-OH is 2. The van der Waals surface area contributed by atoms with Crippen molar-refractivity contribution >= 4 is 30.3 Å². The van der Waals surface area contributed by atoms with Crippen LogP contribution in [0.25, 0.3) is 11.2 Å². The second-order valence-corrected chi connectivity index (χ2v) is 7.43. The van der Waals surface area contributed by atoms with Gasteiger partial charge in [-0.2, -0.15) is 4.98 Å². The van der Waals surface area contributed by atoms with Crippen molar-refractivity contribution in [3.8, 4) is 0 Å². The zero-order valence-electron chi connectivity index (χ0n) is 12.3. The molecule has 1 saturated heterocycles. The fraction of sp³-hybridized carbons (Fsp3) is 0.500. The number of phosphoric acid groups is 1. The van der Waals surface area contributed by atoms with E-state index in [1.165, 1.54) is 12.7 Å². The Bertz CT molecular complexity index is 788. The van der Waals surface area contributed by atoms with Gasteiger partial charge in [-0.1, -0.05) is 0 Å². The fourth-order valence-electron chi connectivity index (χ4n) is 2.19. The van der Waals surface area contributed by atoms with Crippen molar-refractivity contribution in [2.45, 2.75) is 29.6 Å². The highest BCUT2D eigenvalue weighted by Gasteiger charge is 2.46. The molecule has 1 aliphatic rings. The van der Waals surface area contributed by atoms with Gasteiger partial charge < -0.3 is 34.3 Å². The van der Waals surface area contributed by atoms with Crippen LogP contribution in [0.2, 0.25) is 0 Å². The molecular formula is C10H14N5O8PS. The molecule has 5 atom stereocenters. The average Bonchev–Trinajstić information content (AvgIpc) is 3.12. The number of aliphatic hydroxyl groups is 2. The first-order chi connectivity index (χ1) is 11.8. The predicted molar refractivity (Wildman–Crippen MR) is 79.9 cm³/mol. The highest BCUT2D eigenvalue weighted by molar-refractivity contribution is 7.89. The molecule has 0 aromatic carbocycles. The Labute approximate surface area is 143 Å². The third-order valence-electron chi connectivity index (χ3n) is 3.35. The van der Waals surface area contributed by atoms with Crippen molar-refractivity contribution in [3.63, 3.8) is 0 Å². The summed E-state index contributed by atoms with van der Waals surface area (Å²) in [6.07, 6.45) is -3.01. The lowest BCUT2D eigenvalue weighted by Gasteiger charge is -2.17. The number of ether oxygens (including phenoxy) is 1. The zero-order valence-corrected chi connectivity index (χ0v) is 14.0. The molecule has 1 fully saturated rings. The van der Waals surface area contributed by atoms with E-state index in [2.05, 4.69) is 29.2 Å². The van der Waals surface area contributed by atoms with E-state index in [-0.39, 0.29) is 10.5 Å². The second-order valence-electron chi connectivity index (χ2n) is 5.03. The highest BCUT2D eigenvalue weighted by Crippen LogP contribution is 2.37. The minimum atomic E-state index is -4.76. The summed E-state index contributed by atoms with van der Waals surface area (Å²) in [5, 5.41) is 19.8. The van der Waals surface area contributed by atoms with Gasteiger partial charge >= 0.3 is 7.82 Å². The molecule has 138 valence electrons. The minimum absolute atomic E-state index is 0.0338. The summed E-state index contributed by atoms with van der Waals surface area (Å²) in [7, 11) is -4.76. The molecule has 0 bridgehead atoms. The normalized spacial score (nSPS) is 28.5. The number of imidazole rings is 1. The van der Waals surface area contributed by atoms with Gasteiger partial charge in [0.25, 0.3) is 5.03 Å². The smallest absolute Gasteiger partial charge is 0.469 e. The molecule has 0 amide bonds. The zero-order chi connectivity index (χ0) is 18.2. The van der Waals surface area contributed by atoms with Crippen molar-refractivity contribution in [1.29, 1.82) is 0 Å². The molecule has 2 aromatic rings. The molecule has 3 rings (SSSR count). The Morgan fingerprint density at radius 1 is 1.36 bits per heavy atom. The van der Waals surface area contributed by atoms with Crippen LogP contribution in [0.3, 0.4) is 0 Å². The predicted octanol–water partition coefficient (Wildman–Crippen LogP) is -2.48. The lowest BCUT2D eigenvalue weighted by Crippen LogP contribution is -2.44. The third-order valence-corrected chi connectivity index (χ3v) is 4.93. The van der Waals surface area contributed by atoms with Crippen LogP contribution in [0.15, 0.2) is 17.7 Å². The Balaban J connectivity index is 1.68. The molecule has 0 aliphatic carbocycles. The molecule has 6 N–H and O–H groups in total. The number of rotatable bonds is 6. The van der Waals surface area contributed by atoms with Crippen molar-refractivity contribution in [2.75, 3.05) is 6.61 Å². The lowest BCUT2D eigenvalue weighted by molar-refractivity contribution is -0.0245. The number of hydrogen-bond donors (Lipinski definition) is 6. The van der Waals surface area contributed by atoms with Crippen LogP contribution in [-0.4, -0.2) is 75.6 Å². The maximum absolute atomic E-state index is 12.4. The maximum Gasteiger partial charge on any atom is 0.469 e. The van der Waals surface area contributed by atoms with Gasteiger partial charge in [0.05, 0.1) is 12.9 Å². The van der Waals surface area contributed by atoms with E-state index in [0.29, 0.717) is 5.65 Å². The molecule has 15 heteroatoms. The van der Waals surface area contributed by atoms with Gasteiger partial charge in [0.15, 0.2) is 17.4 Å². The third kappa shape index (κ3) is 4.15. The number of nitrogens with zero attached hydrogens (tertiary/aromatic N) is 3. The number of hydrogen-bond acceptors (Lipinski definition) is 10. The van der Waals surface area contributed by atoms with Gasteiger partial charge in [0.1, 0.15) is 36.0 Å². The van der Waals surface area contributed by atoms with E-state index in [1.807, 2.05) is 0 Å². The molecule has 0 spiro atoms. The number of aromatic nitrogens is 4. The van der Waals surface area contributed by atoms with Crippen LogP contribution in [0.1, 0.15) is 0 Å². The van der Waals surface area contributed by atoms with Crippen molar-refractivity contribution in [2.24, 2.45) is 0 Å². The summed E-state index contributed by atoms with van der Waals surface area (Å²) in [5.74, 6) is 0. The Morgan fingerprint density at radius 2 is 2.12 bits per heavy atom. The second kappa shape index (κ2) is 7.20. The van der Waals surface area contributed by atoms with Gasteiger partial charge in [-0.05, 0) is 0 Å². The first-order valence-corrected chi connectivity index (χ1v) is 9.48. The minimum Gasteiger partial charge on any atom is -0.592 e. The quantitative estimate of drug-likeness (QED) is 0.171. The van der Waals surface area contributed by atoms with Crippen molar-refractivity contribution in [3.05, 3.63) is 12.7 Å². The summed E-state index contributed by atoms with van der Waals surface area (Å²) in [4.78, 5) is 31.8. The van der Waals surface area contributed by atoms with Crippen LogP contribution < -0.4 is 4.72 Å². The van der Waals surface area contributed by atoms with E-state index in [9.17, 15) is 19.3 Å². The van der Waals surface area contributed by atoms with Crippen LogP contribution in [-0.2, 0) is 25.2 Å². The van der Waals surface area contributed by atoms with E-state index in [1.54, 1.807) is 0 Å². The van der Waals surface area contributed by atoms with Gasteiger partial charge in [0.2, 0.25) is 0 Å². The molecule has 2 unspecified atom stereocenters.